The standard InChI is InChI=1S/C11H12ClNO4/c1-7(11(14)17-2)5-8-3-4-9(12)10(6-8)13(15)16/h3-4,6-7H,5H2,1-2H3. The van der Waals surface area contributed by atoms with Gasteiger partial charge in [-0.1, -0.05) is 24.6 Å². The largest absolute Gasteiger partial charge is 0.469 e. The molecule has 0 amide bonds. The summed E-state index contributed by atoms with van der Waals surface area (Å²) in [6.45, 7) is 1.70. The molecular formula is C11H12ClNO4. The van der Waals surface area contributed by atoms with Gasteiger partial charge < -0.3 is 4.74 Å². The van der Waals surface area contributed by atoms with E-state index in [-0.39, 0.29) is 22.6 Å². The molecular weight excluding hydrogens is 246 g/mol. The highest BCUT2D eigenvalue weighted by atomic mass is 35.5. The zero-order valence-electron chi connectivity index (χ0n) is 9.47. The van der Waals surface area contributed by atoms with Gasteiger partial charge in [-0.2, -0.15) is 0 Å². The number of methoxy groups -OCH3 is 1. The predicted octanol–water partition coefficient (Wildman–Crippen LogP) is 2.60. The summed E-state index contributed by atoms with van der Waals surface area (Å²) >= 11 is 5.68. The van der Waals surface area contributed by atoms with Crippen LogP contribution in [0.5, 0.6) is 0 Å². The fourth-order valence-corrected chi connectivity index (χ4v) is 1.65. The van der Waals surface area contributed by atoms with E-state index in [1.165, 1.54) is 19.2 Å². The van der Waals surface area contributed by atoms with Crippen molar-refractivity contribution >= 4 is 23.3 Å². The molecule has 1 aromatic rings. The fraction of sp³-hybridized carbons (Fsp3) is 0.364. The van der Waals surface area contributed by atoms with E-state index in [9.17, 15) is 14.9 Å². The van der Waals surface area contributed by atoms with Crippen molar-refractivity contribution in [3.63, 3.8) is 0 Å². The molecule has 1 unspecified atom stereocenters. The highest BCUT2D eigenvalue weighted by Gasteiger charge is 2.17. The van der Waals surface area contributed by atoms with Crippen molar-refractivity contribution in [2.24, 2.45) is 5.92 Å². The van der Waals surface area contributed by atoms with Crippen molar-refractivity contribution in [1.29, 1.82) is 0 Å². The number of benzene rings is 1. The second kappa shape index (κ2) is 5.63. The van der Waals surface area contributed by atoms with Gasteiger partial charge in [0, 0.05) is 6.07 Å². The molecule has 0 aromatic heterocycles. The Morgan fingerprint density at radius 2 is 2.24 bits per heavy atom. The van der Waals surface area contributed by atoms with Gasteiger partial charge in [0.25, 0.3) is 5.69 Å². The number of ether oxygens (including phenoxy) is 1. The van der Waals surface area contributed by atoms with Gasteiger partial charge in [0.2, 0.25) is 0 Å². The van der Waals surface area contributed by atoms with Crippen molar-refractivity contribution in [3.05, 3.63) is 38.9 Å². The number of nitro benzene ring substituents is 1. The zero-order chi connectivity index (χ0) is 13.0. The first kappa shape index (κ1) is 13.4. The van der Waals surface area contributed by atoms with Crippen LogP contribution in [0.1, 0.15) is 12.5 Å². The zero-order valence-corrected chi connectivity index (χ0v) is 10.2. The Morgan fingerprint density at radius 3 is 2.76 bits per heavy atom. The first-order valence-corrected chi connectivity index (χ1v) is 5.34. The first-order chi connectivity index (χ1) is 7.95. The second-order valence-electron chi connectivity index (χ2n) is 3.67. The van der Waals surface area contributed by atoms with Crippen LogP contribution in [0.3, 0.4) is 0 Å². The van der Waals surface area contributed by atoms with Gasteiger partial charge in [-0.05, 0) is 18.1 Å². The highest BCUT2D eigenvalue weighted by molar-refractivity contribution is 6.32. The number of carbonyl (C=O) groups excluding carboxylic acids is 1. The third-order valence-corrected chi connectivity index (χ3v) is 2.67. The smallest absolute Gasteiger partial charge is 0.308 e. The number of esters is 1. The molecule has 0 N–H and O–H groups in total. The Labute approximate surface area is 103 Å². The lowest BCUT2D eigenvalue weighted by Crippen LogP contribution is -2.15. The second-order valence-corrected chi connectivity index (χ2v) is 4.08. The molecule has 0 bridgehead atoms. The molecule has 1 rings (SSSR count). The third-order valence-electron chi connectivity index (χ3n) is 2.35. The molecule has 92 valence electrons. The topological polar surface area (TPSA) is 69.4 Å². The summed E-state index contributed by atoms with van der Waals surface area (Å²) in [6, 6.07) is 4.50. The third kappa shape index (κ3) is 3.42. The van der Waals surface area contributed by atoms with Crippen LogP contribution < -0.4 is 0 Å². The van der Waals surface area contributed by atoms with E-state index < -0.39 is 4.92 Å². The van der Waals surface area contributed by atoms with Gasteiger partial charge in [-0.15, -0.1) is 0 Å². The SMILES string of the molecule is COC(=O)C(C)Cc1ccc(Cl)c([N+](=O)[O-])c1. The van der Waals surface area contributed by atoms with E-state index >= 15 is 0 Å². The summed E-state index contributed by atoms with van der Waals surface area (Å²) in [5.74, 6) is -0.691. The minimum atomic E-state index is -0.547. The van der Waals surface area contributed by atoms with Gasteiger partial charge in [-0.25, -0.2) is 0 Å². The van der Waals surface area contributed by atoms with Crippen LogP contribution in [-0.4, -0.2) is 18.0 Å². The molecule has 0 aliphatic heterocycles. The molecule has 5 nitrogen and oxygen atoms in total. The summed E-state index contributed by atoms with van der Waals surface area (Å²) in [7, 11) is 1.31. The van der Waals surface area contributed by atoms with Crippen molar-refractivity contribution in [2.75, 3.05) is 7.11 Å². The van der Waals surface area contributed by atoms with Gasteiger partial charge in [0.15, 0.2) is 0 Å². The number of hydrogen-bond donors (Lipinski definition) is 0. The maximum Gasteiger partial charge on any atom is 0.308 e. The first-order valence-electron chi connectivity index (χ1n) is 4.96. The lowest BCUT2D eigenvalue weighted by atomic mass is 10.0. The minimum Gasteiger partial charge on any atom is -0.469 e. The van der Waals surface area contributed by atoms with E-state index in [0.29, 0.717) is 12.0 Å². The van der Waals surface area contributed by atoms with Crippen LogP contribution in [0.4, 0.5) is 5.69 Å². The van der Waals surface area contributed by atoms with E-state index in [1.54, 1.807) is 13.0 Å². The maximum atomic E-state index is 11.2. The van der Waals surface area contributed by atoms with E-state index in [1.807, 2.05) is 0 Å². The molecule has 0 spiro atoms. The quantitative estimate of drug-likeness (QED) is 0.472. The number of halogens is 1. The Bertz CT molecular complexity index is 447. The van der Waals surface area contributed by atoms with Crippen LogP contribution in [0.2, 0.25) is 5.02 Å². The number of carbonyl (C=O) groups is 1. The van der Waals surface area contributed by atoms with Crippen molar-refractivity contribution in [3.8, 4) is 0 Å². The molecule has 0 aliphatic rings. The average Bonchev–Trinajstić information content (AvgIpc) is 2.30. The molecule has 0 aliphatic carbocycles. The summed E-state index contributed by atoms with van der Waals surface area (Å²) in [5, 5.41) is 10.8. The summed E-state index contributed by atoms with van der Waals surface area (Å²) in [4.78, 5) is 21.4. The van der Waals surface area contributed by atoms with Gasteiger partial charge in [0.1, 0.15) is 5.02 Å². The molecule has 0 saturated carbocycles. The van der Waals surface area contributed by atoms with E-state index in [2.05, 4.69) is 4.74 Å². The van der Waals surface area contributed by atoms with Crippen molar-refractivity contribution < 1.29 is 14.5 Å². The average molecular weight is 258 g/mol. The number of rotatable bonds is 4. The van der Waals surface area contributed by atoms with Crippen LogP contribution >= 0.6 is 11.6 Å². The van der Waals surface area contributed by atoms with Crippen LogP contribution in [0.15, 0.2) is 18.2 Å². The maximum absolute atomic E-state index is 11.2. The Morgan fingerprint density at radius 1 is 1.59 bits per heavy atom. The van der Waals surface area contributed by atoms with Crippen molar-refractivity contribution in [2.45, 2.75) is 13.3 Å². The van der Waals surface area contributed by atoms with Crippen LogP contribution in [-0.2, 0) is 16.0 Å². The van der Waals surface area contributed by atoms with Gasteiger partial charge >= 0.3 is 5.97 Å². The lowest BCUT2D eigenvalue weighted by Gasteiger charge is -2.08. The highest BCUT2D eigenvalue weighted by Crippen LogP contribution is 2.26. The van der Waals surface area contributed by atoms with Gasteiger partial charge in [0.05, 0.1) is 18.0 Å². The molecule has 1 atom stereocenters. The Hall–Kier alpha value is -1.62. The number of nitrogens with zero attached hydrogens (tertiary/aromatic N) is 1. The number of nitro groups is 1. The minimum absolute atomic E-state index is 0.0875. The molecule has 1 aromatic carbocycles. The lowest BCUT2D eigenvalue weighted by molar-refractivity contribution is -0.384. The molecule has 0 fully saturated rings. The summed E-state index contributed by atoms with van der Waals surface area (Å²) in [5.41, 5.74) is 0.528. The number of hydrogen-bond acceptors (Lipinski definition) is 4. The monoisotopic (exact) mass is 257 g/mol. The Kier molecular flexibility index (Phi) is 4.45. The van der Waals surface area contributed by atoms with E-state index in [4.69, 9.17) is 11.6 Å². The molecule has 0 saturated heterocycles. The normalized spacial score (nSPS) is 11.9. The molecule has 17 heavy (non-hydrogen) atoms. The molecule has 0 radical (unpaired) electrons. The summed E-state index contributed by atoms with van der Waals surface area (Å²) in [6.07, 6.45) is 0.380. The predicted molar refractivity (Wildman–Crippen MR) is 63.0 cm³/mol. The van der Waals surface area contributed by atoms with Crippen molar-refractivity contribution in [1.82, 2.24) is 0 Å². The van der Waals surface area contributed by atoms with Gasteiger partial charge in [-0.3, -0.25) is 14.9 Å². The van der Waals surface area contributed by atoms with E-state index in [0.717, 1.165) is 0 Å². The van der Waals surface area contributed by atoms with Crippen LogP contribution in [0.25, 0.3) is 0 Å². The fourth-order valence-electron chi connectivity index (χ4n) is 1.46. The van der Waals surface area contributed by atoms with Crippen LogP contribution in [0, 0.1) is 16.0 Å². The molecule has 0 heterocycles. The molecule has 6 heteroatoms. The Balaban J connectivity index is 2.90. The summed E-state index contributed by atoms with van der Waals surface area (Å²) < 4.78 is 4.59.